The van der Waals surface area contributed by atoms with Crippen molar-refractivity contribution in [3.63, 3.8) is 0 Å². The van der Waals surface area contributed by atoms with Crippen LogP contribution in [-0.4, -0.2) is 16.1 Å². The molecule has 10 fully saturated rings. The molecule has 4 unspecified atom stereocenters. The van der Waals surface area contributed by atoms with Crippen LogP contribution < -0.4 is 0 Å². The molecular weight excluding hydrogens is 420 g/mol. The first-order valence-electron chi connectivity index (χ1n) is 12.5. The molecule has 2 heteroatoms. The van der Waals surface area contributed by atoms with E-state index in [4.69, 9.17) is 0 Å². The van der Waals surface area contributed by atoms with Crippen LogP contribution in [-0.2, 0) is 7.72 Å². The van der Waals surface area contributed by atoms with Gasteiger partial charge < -0.3 is 0 Å². The monoisotopic (exact) mass is 460 g/mol. The summed E-state index contributed by atoms with van der Waals surface area (Å²) in [6.07, 6.45) is 18.9. The number of rotatable bonds is 13. The zero-order valence-electron chi connectivity index (χ0n) is 17.0. The van der Waals surface area contributed by atoms with Crippen molar-refractivity contribution in [1.82, 2.24) is 0 Å². The van der Waals surface area contributed by atoms with Crippen molar-refractivity contribution in [2.45, 2.75) is 122 Å². The van der Waals surface area contributed by atoms with Crippen molar-refractivity contribution in [2.75, 3.05) is 12.3 Å². The molecule has 10 aliphatic rings. The Morgan fingerprint density at radius 3 is 1.31 bits per heavy atom. The summed E-state index contributed by atoms with van der Waals surface area (Å²) >= 11 is 0. The second-order valence-electron chi connectivity index (χ2n) is 14.5. The average Bonchev–Trinajstić information content (AvgIpc) is 3.59. The Hall–Kier alpha value is 1.05. The van der Waals surface area contributed by atoms with Gasteiger partial charge in [0, 0.05) is 0 Å². The Morgan fingerprint density at radius 1 is 0.577 bits per heavy atom. The molecule has 0 amide bonds. The van der Waals surface area contributed by atoms with E-state index in [1.807, 2.05) is 0 Å². The summed E-state index contributed by atoms with van der Waals surface area (Å²) in [6.45, 7) is 4.75. The molecule has 148 valence electrons. The summed E-state index contributed by atoms with van der Waals surface area (Å²) in [4.78, 5) is 0. The van der Waals surface area contributed by atoms with Gasteiger partial charge in [-0.1, -0.05) is 0 Å². The Kier molecular flexibility index (Phi) is 1.00. The van der Waals surface area contributed by atoms with Crippen molar-refractivity contribution in [1.29, 1.82) is 0 Å². The molecule has 0 aromatic rings. The fraction of sp³-hybridized carbons (Fsp3) is 1.00. The van der Waals surface area contributed by atoms with Crippen LogP contribution in [0.2, 0.25) is 40.6 Å². The minimum atomic E-state index is -3.10. The number of hydrogen-bond donors (Lipinski definition) is 0. The van der Waals surface area contributed by atoms with Gasteiger partial charge in [-0.3, -0.25) is 0 Å². The van der Waals surface area contributed by atoms with Gasteiger partial charge in [-0.15, -0.1) is 0 Å². The number of hydrogen-bond acceptors (Lipinski definition) is 0. The molecule has 0 N–H and O–H groups in total. The fourth-order valence-corrected chi connectivity index (χ4v) is 175. The summed E-state index contributed by atoms with van der Waals surface area (Å²) in [6, 6.07) is 0. The Bertz CT molecular complexity index is 979. The van der Waals surface area contributed by atoms with Gasteiger partial charge in [0.2, 0.25) is 0 Å². The Labute approximate surface area is 150 Å². The van der Waals surface area contributed by atoms with E-state index in [9.17, 15) is 0 Å². The standard InChI is InChI=1S/C19H34P.C5H5.Ru/c1-3-5-7-9-13-17-20(19-15-11-12-16-19)18-14-10-8-6-4-2;1-2-4-5-3-1;/h11-12,15-16H,3-10,13-14,17-18H2,1-2H3;1-5H;. The van der Waals surface area contributed by atoms with Gasteiger partial charge >= 0.3 is 150 Å². The molecule has 0 nitrogen and oxygen atoms in total. The van der Waals surface area contributed by atoms with Crippen LogP contribution in [0.4, 0.5) is 0 Å². The van der Waals surface area contributed by atoms with Crippen LogP contribution in [0.15, 0.2) is 0 Å². The van der Waals surface area contributed by atoms with Crippen molar-refractivity contribution < 1.29 is 7.72 Å². The molecule has 10 heterocycles. The van der Waals surface area contributed by atoms with Crippen LogP contribution in [0.3, 0.4) is 0 Å². The van der Waals surface area contributed by atoms with Crippen molar-refractivity contribution >= 4 is 7.92 Å². The van der Waals surface area contributed by atoms with E-state index in [2.05, 4.69) is 13.8 Å². The molecule has 1 spiro atoms. The predicted octanol–water partition coefficient (Wildman–Crippen LogP) is 8.71. The molecule has 0 radical (unpaired) electrons. The molecule has 4 atom stereocenters. The quantitative estimate of drug-likeness (QED) is 0.147. The third-order valence-electron chi connectivity index (χ3n) is 18.1. The van der Waals surface area contributed by atoms with Gasteiger partial charge in [-0.05, 0) is 0 Å². The van der Waals surface area contributed by atoms with Gasteiger partial charge in [-0.25, -0.2) is 0 Å². The minimum absolute atomic E-state index is 0.488. The van der Waals surface area contributed by atoms with E-state index < -0.39 is 7.72 Å². The molecule has 0 saturated carbocycles. The Balaban J connectivity index is 0.975. The van der Waals surface area contributed by atoms with Gasteiger partial charge in [0.15, 0.2) is 0 Å². The molecule has 10 aliphatic heterocycles. The average molecular weight is 460 g/mol. The molecule has 0 aromatic heterocycles. The molecule has 26 heavy (non-hydrogen) atoms. The van der Waals surface area contributed by atoms with Crippen LogP contribution in [0.25, 0.3) is 0 Å². The molecule has 10 rings (SSSR count). The van der Waals surface area contributed by atoms with Gasteiger partial charge in [0.05, 0.1) is 0 Å². The van der Waals surface area contributed by atoms with E-state index >= 15 is 0 Å². The first-order chi connectivity index (χ1) is 12.6. The number of unbranched alkanes of at least 4 members (excludes halogenated alkanes) is 8. The summed E-state index contributed by atoms with van der Waals surface area (Å²) in [5.41, 5.74) is 0. The van der Waals surface area contributed by atoms with E-state index in [1.165, 1.54) is 29.4 Å². The van der Waals surface area contributed by atoms with Gasteiger partial charge in [-0.2, -0.15) is 0 Å². The van der Waals surface area contributed by atoms with Crippen molar-refractivity contribution in [3.05, 3.63) is 0 Å². The van der Waals surface area contributed by atoms with E-state index in [0.29, 0.717) is 7.92 Å². The first kappa shape index (κ1) is 14.1. The molecule has 10 saturated heterocycles. The third-order valence-corrected chi connectivity index (χ3v) is 94.6. The predicted molar refractivity (Wildman–Crippen MR) is 111 cm³/mol. The zero-order chi connectivity index (χ0) is 17.1. The summed E-state index contributed by atoms with van der Waals surface area (Å²) < 4.78 is 15.5. The normalized spacial score (nSPS) is 82.3. The van der Waals surface area contributed by atoms with Gasteiger partial charge in [0.1, 0.15) is 0 Å². The zero-order valence-corrected chi connectivity index (χ0v) is 19.6. The van der Waals surface area contributed by atoms with Crippen LogP contribution >= 0.6 is 7.92 Å². The van der Waals surface area contributed by atoms with E-state index in [-0.39, 0.29) is 0 Å². The van der Waals surface area contributed by atoms with E-state index in [0.717, 1.165) is 0 Å². The molecule has 0 bridgehead atoms. The van der Waals surface area contributed by atoms with E-state index in [1.54, 1.807) is 91.5 Å². The number of fused-ring (bicyclic) bond motifs is 10. The van der Waals surface area contributed by atoms with Crippen LogP contribution in [0.5, 0.6) is 0 Å². The summed E-state index contributed by atoms with van der Waals surface area (Å²) in [7, 11) is -2.61. The second-order valence-corrected chi connectivity index (χ2v) is 54.9. The molecule has 0 aromatic carbocycles. The molecular formula is C24H39PRu. The maximum atomic E-state index is 2.37. The maximum absolute atomic E-state index is 3.10. The summed E-state index contributed by atoms with van der Waals surface area (Å²) in [5, 5.41) is 0. The van der Waals surface area contributed by atoms with Crippen LogP contribution in [0, 0.1) is 0 Å². The molecule has 0 aliphatic carbocycles. The summed E-state index contributed by atoms with van der Waals surface area (Å²) in [5.74, 6) is 0. The third kappa shape index (κ3) is 0.265. The first-order valence-corrected chi connectivity index (χ1v) is 24.1. The van der Waals surface area contributed by atoms with Crippen molar-refractivity contribution in [2.24, 2.45) is 0 Å². The topological polar surface area (TPSA) is 0 Å². The second kappa shape index (κ2) is 1.85. The van der Waals surface area contributed by atoms with Crippen molar-refractivity contribution in [3.8, 4) is 0 Å². The van der Waals surface area contributed by atoms with Crippen LogP contribution in [0.1, 0.15) is 78.1 Å². The SMILES string of the molecule is CCCCCCCP(CCCCCCC)[C]12[CH]3[CH]4[CH]5[CH]1[Ru]45321678[CH]2[CH]1[CH]6[CH]7[CH]28. The fourth-order valence-electron chi connectivity index (χ4n) is 19.2. The Morgan fingerprint density at radius 2 is 1.00 bits per heavy atom. The van der Waals surface area contributed by atoms with Gasteiger partial charge in [0.25, 0.3) is 0 Å².